The van der Waals surface area contributed by atoms with Crippen LogP contribution in [0.15, 0.2) is 6.07 Å². The fourth-order valence-corrected chi connectivity index (χ4v) is 1.34. The van der Waals surface area contributed by atoms with E-state index in [0.29, 0.717) is 16.5 Å². The summed E-state index contributed by atoms with van der Waals surface area (Å²) >= 11 is 5.99. The largest absolute Gasteiger partial charge is 0.454 e. The van der Waals surface area contributed by atoms with Gasteiger partial charge in [-0.1, -0.05) is 11.6 Å². The molecule has 1 radical (unpaired) electrons. The Labute approximate surface area is 88.4 Å². The molecule has 0 amide bonds. The van der Waals surface area contributed by atoms with Gasteiger partial charge in [0.15, 0.2) is 0 Å². The van der Waals surface area contributed by atoms with E-state index in [1.165, 1.54) is 6.92 Å². The third-order valence-corrected chi connectivity index (χ3v) is 2.53. The van der Waals surface area contributed by atoms with E-state index in [1.54, 1.807) is 6.07 Å². The van der Waals surface area contributed by atoms with Gasteiger partial charge in [-0.15, -0.1) is 0 Å². The van der Waals surface area contributed by atoms with E-state index in [0.717, 1.165) is 11.1 Å². The molecule has 0 aliphatic rings. The number of nitrogens with two attached hydrogens (primary N) is 1. The van der Waals surface area contributed by atoms with Crippen molar-refractivity contribution >= 4 is 17.3 Å². The van der Waals surface area contributed by atoms with Gasteiger partial charge in [0.1, 0.15) is 5.75 Å². The molecule has 0 saturated heterocycles. The number of halogens is 1. The maximum absolute atomic E-state index is 8.99. The lowest BCUT2D eigenvalue weighted by atomic mass is 10.1. The fraction of sp³-hybridized carbons (Fsp3) is 0.300. The van der Waals surface area contributed by atoms with Gasteiger partial charge in [-0.2, -0.15) is 0 Å². The Morgan fingerprint density at radius 2 is 2.07 bits per heavy atom. The second-order valence-corrected chi connectivity index (χ2v) is 3.54. The highest BCUT2D eigenvalue weighted by Gasteiger charge is 2.12. The molecule has 0 heterocycles. The minimum absolute atomic E-state index is 0.141. The zero-order valence-corrected chi connectivity index (χ0v) is 9.14. The van der Waals surface area contributed by atoms with Crippen molar-refractivity contribution in [2.24, 2.45) is 0 Å². The molecule has 1 aromatic rings. The zero-order valence-electron chi connectivity index (χ0n) is 8.39. The summed E-state index contributed by atoms with van der Waals surface area (Å²) < 4.78 is 5.05. The first-order chi connectivity index (χ1) is 6.43. The lowest BCUT2D eigenvalue weighted by Gasteiger charge is -2.14. The Morgan fingerprint density at radius 1 is 1.50 bits per heavy atom. The monoisotopic (exact) mass is 214 g/mol. The highest BCUT2D eigenvalue weighted by molar-refractivity contribution is 6.32. The maximum Gasteiger partial charge on any atom is 0.270 e. The SMILES string of the molecule is C[C](O)Oc1cc(C)c(Cl)c(C)c1N. The lowest BCUT2D eigenvalue weighted by Crippen LogP contribution is -2.04. The number of rotatable bonds is 2. The van der Waals surface area contributed by atoms with Crippen LogP contribution in [0.5, 0.6) is 5.75 Å². The predicted molar refractivity (Wildman–Crippen MR) is 56.8 cm³/mol. The molecule has 0 spiro atoms. The van der Waals surface area contributed by atoms with Crippen LogP contribution in [0.4, 0.5) is 5.69 Å². The summed E-state index contributed by atoms with van der Waals surface area (Å²) in [7, 11) is 0. The van der Waals surface area contributed by atoms with Crippen LogP contribution >= 0.6 is 11.6 Å². The number of aliphatic hydroxyl groups is 1. The quantitative estimate of drug-likeness (QED) is 0.745. The summed E-state index contributed by atoms with van der Waals surface area (Å²) in [5, 5.41) is 9.62. The summed E-state index contributed by atoms with van der Waals surface area (Å²) in [6.45, 7) is 5.11. The van der Waals surface area contributed by atoms with Crippen LogP contribution < -0.4 is 10.5 Å². The van der Waals surface area contributed by atoms with Gasteiger partial charge in [0.25, 0.3) is 6.29 Å². The molecular weight excluding hydrogens is 202 g/mol. The number of aryl methyl sites for hydroxylation is 1. The average Bonchev–Trinajstić information content (AvgIpc) is 2.10. The van der Waals surface area contributed by atoms with Crippen molar-refractivity contribution in [1.29, 1.82) is 0 Å². The Morgan fingerprint density at radius 3 is 2.57 bits per heavy atom. The van der Waals surface area contributed by atoms with Gasteiger partial charge in [-0.3, -0.25) is 0 Å². The molecule has 0 saturated carbocycles. The van der Waals surface area contributed by atoms with E-state index < -0.39 is 0 Å². The van der Waals surface area contributed by atoms with Crippen molar-refractivity contribution in [1.82, 2.24) is 0 Å². The first-order valence-corrected chi connectivity index (χ1v) is 4.56. The van der Waals surface area contributed by atoms with E-state index >= 15 is 0 Å². The Kier molecular flexibility index (Phi) is 3.24. The molecule has 0 aliphatic heterocycles. The van der Waals surface area contributed by atoms with Crippen LogP contribution in [0.1, 0.15) is 18.1 Å². The van der Waals surface area contributed by atoms with Crippen molar-refractivity contribution in [2.75, 3.05) is 5.73 Å². The van der Waals surface area contributed by atoms with E-state index in [4.69, 9.17) is 27.2 Å². The molecule has 1 aromatic carbocycles. The third-order valence-electron chi connectivity index (χ3n) is 1.95. The van der Waals surface area contributed by atoms with Gasteiger partial charge < -0.3 is 15.6 Å². The number of nitrogen functional groups attached to an aromatic ring is 1. The molecule has 0 aromatic heterocycles. The van der Waals surface area contributed by atoms with Crippen molar-refractivity contribution in [3.8, 4) is 5.75 Å². The van der Waals surface area contributed by atoms with E-state index in [2.05, 4.69) is 0 Å². The summed E-state index contributed by atoms with van der Waals surface area (Å²) in [6.07, 6.45) is -0.141. The zero-order chi connectivity index (χ0) is 10.9. The van der Waals surface area contributed by atoms with Crippen molar-refractivity contribution in [3.63, 3.8) is 0 Å². The summed E-state index contributed by atoms with van der Waals surface area (Å²) in [5.74, 6) is 0.435. The van der Waals surface area contributed by atoms with Crippen LogP contribution in [0.3, 0.4) is 0 Å². The Bertz CT molecular complexity index is 350. The van der Waals surface area contributed by atoms with Crippen LogP contribution in [0.2, 0.25) is 5.02 Å². The van der Waals surface area contributed by atoms with Crippen LogP contribution in [-0.4, -0.2) is 5.11 Å². The summed E-state index contributed by atoms with van der Waals surface area (Å²) in [5.41, 5.74) is 7.86. The molecule has 0 atom stereocenters. The molecule has 0 bridgehead atoms. The molecule has 0 aliphatic carbocycles. The average molecular weight is 215 g/mol. The second-order valence-electron chi connectivity index (χ2n) is 3.17. The normalized spacial score (nSPS) is 10.7. The van der Waals surface area contributed by atoms with Crippen molar-refractivity contribution < 1.29 is 9.84 Å². The molecule has 1 rings (SSSR count). The summed E-state index contributed by atoms with van der Waals surface area (Å²) in [4.78, 5) is 0. The number of hydrogen-bond donors (Lipinski definition) is 2. The fourth-order valence-electron chi connectivity index (χ4n) is 1.18. The van der Waals surface area contributed by atoms with Gasteiger partial charge in [0, 0.05) is 11.9 Å². The topological polar surface area (TPSA) is 55.5 Å². The van der Waals surface area contributed by atoms with Crippen molar-refractivity contribution in [2.45, 2.75) is 20.8 Å². The number of aliphatic hydroxyl groups excluding tert-OH is 1. The molecule has 0 fully saturated rings. The maximum atomic E-state index is 8.99. The second kappa shape index (κ2) is 4.07. The van der Waals surface area contributed by atoms with Gasteiger partial charge in [-0.25, -0.2) is 0 Å². The van der Waals surface area contributed by atoms with Gasteiger partial charge in [-0.05, 0) is 31.0 Å². The Hall–Kier alpha value is -0.930. The first-order valence-electron chi connectivity index (χ1n) is 4.19. The molecule has 4 heteroatoms. The van der Waals surface area contributed by atoms with Gasteiger partial charge in [0.2, 0.25) is 0 Å². The third kappa shape index (κ3) is 2.11. The molecule has 14 heavy (non-hydrogen) atoms. The molecule has 77 valence electrons. The van der Waals surface area contributed by atoms with E-state index in [9.17, 15) is 0 Å². The van der Waals surface area contributed by atoms with Gasteiger partial charge >= 0.3 is 0 Å². The minimum atomic E-state index is -0.141. The van der Waals surface area contributed by atoms with Gasteiger partial charge in [0.05, 0.1) is 5.69 Å². The molecule has 3 nitrogen and oxygen atoms in total. The standard InChI is InChI=1S/C10H13ClNO2/c1-5-4-8(14-7(3)13)10(12)6(2)9(5)11/h4,13H,12H2,1-3H3. The number of anilines is 1. The number of ether oxygens (including phenoxy) is 1. The highest BCUT2D eigenvalue weighted by atomic mass is 35.5. The highest BCUT2D eigenvalue weighted by Crippen LogP contribution is 2.34. The van der Waals surface area contributed by atoms with Crippen LogP contribution in [0, 0.1) is 20.1 Å². The first kappa shape index (κ1) is 11.1. The van der Waals surface area contributed by atoms with Crippen molar-refractivity contribution in [3.05, 3.63) is 28.5 Å². The van der Waals surface area contributed by atoms with Crippen LogP contribution in [0.25, 0.3) is 0 Å². The number of hydrogen-bond acceptors (Lipinski definition) is 3. The summed E-state index contributed by atoms with van der Waals surface area (Å²) in [6, 6.07) is 1.70. The Balaban J connectivity index is 3.19. The predicted octanol–water partition coefficient (Wildman–Crippen LogP) is 2.80. The lowest BCUT2D eigenvalue weighted by molar-refractivity contribution is 0.115. The van der Waals surface area contributed by atoms with E-state index in [-0.39, 0.29) is 6.29 Å². The minimum Gasteiger partial charge on any atom is -0.454 e. The molecule has 3 N–H and O–H groups in total. The van der Waals surface area contributed by atoms with Crippen LogP contribution in [-0.2, 0) is 0 Å². The smallest absolute Gasteiger partial charge is 0.270 e. The molecule has 0 unspecified atom stereocenters. The molecular formula is C10H13ClNO2. The number of benzene rings is 1. The van der Waals surface area contributed by atoms with E-state index in [1.807, 2.05) is 13.8 Å².